The number of para-hydroxylation sites is 1. The fourth-order valence-electron chi connectivity index (χ4n) is 2.39. The van der Waals surface area contributed by atoms with E-state index < -0.39 is 0 Å². The first kappa shape index (κ1) is 16.5. The Morgan fingerprint density at radius 2 is 1.92 bits per heavy atom. The van der Waals surface area contributed by atoms with Crippen LogP contribution in [0.15, 0.2) is 48.5 Å². The number of benzene rings is 2. The van der Waals surface area contributed by atoms with Crippen LogP contribution in [0, 0.1) is 0 Å². The third-order valence-electron chi connectivity index (χ3n) is 3.55. The van der Waals surface area contributed by atoms with Gasteiger partial charge in [-0.1, -0.05) is 35.6 Å². The lowest BCUT2D eigenvalue weighted by Gasteiger charge is -2.04. The van der Waals surface area contributed by atoms with E-state index in [4.69, 9.17) is 9.47 Å². The Hall–Kier alpha value is -2.40. The number of rotatable bonds is 7. The van der Waals surface area contributed by atoms with Crippen LogP contribution in [-0.4, -0.2) is 17.6 Å². The van der Waals surface area contributed by atoms with E-state index >= 15 is 0 Å². The number of thiazole rings is 1. The summed E-state index contributed by atoms with van der Waals surface area (Å²) in [6, 6.07) is 15.9. The van der Waals surface area contributed by atoms with Gasteiger partial charge < -0.3 is 9.47 Å². The minimum atomic E-state index is -0.131. The molecule has 3 rings (SSSR count). The number of aryl methyl sites for hydroxylation is 1. The molecule has 24 heavy (non-hydrogen) atoms. The largest absolute Gasteiger partial charge is 0.466 e. The summed E-state index contributed by atoms with van der Waals surface area (Å²) in [7, 11) is 0. The monoisotopic (exact) mass is 341 g/mol. The predicted molar refractivity (Wildman–Crippen MR) is 95.7 cm³/mol. The smallest absolute Gasteiger partial charge is 0.305 e. The van der Waals surface area contributed by atoms with Crippen LogP contribution in [0.3, 0.4) is 0 Å². The van der Waals surface area contributed by atoms with Gasteiger partial charge in [0, 0.05) is 6.42 Å². The normalized spacial score (nSPS) is 10.7. The molecule has 124 valence electrons. The number of carbonyl (C=O) groups excluding carboxylic acids is 1. The van der Waals surface area contributed by atoms with Gasteiger partial charge in [-0.25, -0.2) is 4.98 Å². The SMILES string of the molecule is CCOC(=O)CCCc1ccc(Oc2nc3ccccc3s2)cc1. The molecule has 0 amide bonds. The summed E-state index contributed by atoms with van der Waals surface area (Å²) in [4.78, 5) is 15.8. The minimum Gasteiger partial charge on any atom is -0.466 e. The van der Waals surface area contributed by atoms with E-state index in [0.29, 0.717) is 18.2 Å². The van der Waals surface area contributed by atoms with Crippen LogP contribution in [0.4, 0.5) is 0 Å². The molecule has 0 fully saturated rings. The van der Waals surface area contributed by atoms with Crippen molar-refractivity contribution in [3.8, 4) is 10.9 Å². The van der Waals surface area contributed by atoms with Gasteiger partial charge in [0.25, 0.3) is 5.19 Å². The maximum Gasteiger partial charge on any atom is 0.305 e. The maximum absolute atomic E-state index is 11.3. The zero-order valence-corrected chi connectivity index (χ0v) is 14.3. The highest BCUT2D eigenvalue weighted by Crippen LogP contribution is 2.31. The van der Waals surface area contributed by atoms with Crippen molar-refractivity contribution in [1.82, 2.24) is 4.98 Å². The lowest BCUT2D eigenvalue weighted by Crippen LogP contribution is -2.03. The number of ether oxygens (including phenoxy) is 2. The molecule has 0 aliphatic heterocycles. The van der Waals surface area contributed by atoms with Gasteiger partial charge in [0.15, 0.2) is 0 Å². The van der Waals surface area contributed by atoms with Crippen molar-refractivity contribution < 1.29 is 14.3 Å². The van der Waals surface area contributed by atoms with Crippen molar-refractivity contribution in [2.24, 2.45) is 0 Å². The lowest BCUT2D eigenvalue weighted by molar-refractivity contribution is -0.143. The van der Waals surface area contributed by atoms with Gasteiger partial charge in [-0.05, 0) is 49.6 Å². The van der Waals surface area contributed by atoms with E-state index in [-0.39, 0.29) is 5.97 Å². The number of nitrogens with zero attached hydrogens (tertiary/aromatic N) is 1. The molecule has 1 aromatic heterocycles. The molecule has 3 aromatic rings. The Morgan fingerprint density at radius 3 is 2.67 bits per heavy atom. The van der Waals surface area contributed by atoms with E-state index in [0.717, 1.165) is 28.8 Å². The van der Waals surface area contributed by atoms with E-state index in [9.17, 15) is 4.79 Å². The molecule has 0 saturated carbocycles. The van der Waals surface area contributed by atoms with Gasteiger partial charge in [0.1, 0.15) is 5.75 Å². The lowest BCUT2D eigenvalue weighted by atomic mass is 10.1. The quantitative estimate of drug-likeness (QED) is 0.569. The number of hydrogen-bond donors (Lipinski definition) is 0. The number of carbonyl (C=O) groups is 1. The molecule has 0 radical (unpaired) electrons. The van der Waals surface area contributed by atoms with Gasteiger partial charge in [0.2, 0.25) is 0 Å². The van der Waals surface area contributed by atoms with Crippen LogP contribution in [0.25, 0.3) is 10.2 Å². The Kier molecular flexibility index (Phi) is 5.43. The molecule has 0 aliphatic rings. The molecule has 5 heteroatoms. The Balaban J connectivity index is 1.55. The first-order chi connectivity index (χ1) is 11.7. The van der Waals surface area contributed by atoms with Crippen LogP contribution in [0.1, 0.15) is 25.3 Å². The summed E-state index contributed by atoms with van der Waals surface area (Å²) < 4.78 is 11.9. The Labute approximate surface area is 145 Å². The second-order valence-corrected chi connectivity index (χ2v) is 6.35. The van der Waals surface area contributed by atoms with Gasteiger partial charge in [-0.15, -0.1) is 0 Å². The second kappa shape index (κ2) is 7.93. The van der Waals surface area contributed by atoms with Gasteiger partial charge >= 0.3 is 5.97 Å². The van der Waals surface area contributed by atoms with E-state index in [2.05, 4.69) is 4.98 Å². The molecule has 2 aromatic carbocycles. The van der Waals surface area contributed by atoms with E-state index in [1.807, 2.05) is 55.5 Å². The third kappa shape index (κ3) is 4.32. The molecule has 4 nitrogen and oxygen atoms in total. The van der Waals surface area contributed by atoms with E-state index in [1.54, 1.807) is 0 Å². The molecule has 0 atom stereocenters. The molecule has 0 bridgehead atoms. The zero-order chi connectivity index (χ0) is 16.8. The number of fused-ring (bicyclic) bond motifs is 1. The summed E-state index contributed by atoms with van der Waals surface area (Å²) >= 11 is 1.53. The zero-order valence-electron chi connectivity index (χ0n) is 13.5. The molecule has 0 spiro atoms. The number of aromatic nitrogens is 1. The van der Waals surface area contributed by atoms with Crippen molar-refractivity contribution in [2.75, 3.05) is 6.61 Å². The van der Waals surface area contributed by atoms with Crippen LogP contribution in [0.5, 0.6) is 10.9 Å². The first-order valence-electron chi connectivity index (χ1n) is 8.02. The molecular weight excluding hydrogens is 322 g/mol. The number of hydrogen-bond acceptors (Lipinski definition) is 5. The van der Waals surface area contributed by atoms with E-state index in [1.165, 1.54) is 16.9 Å². The van der Waals surface area contributed by atoms with Crippen molar-refractivity contribution in [1.29, 1.82) is 0 Å². The fourth-order valence-corrected chi connectivity index (χ4v) is 3.22. The highest BCUT2D eigenvalue weighted by molar-refractivity contribution is 7.20. The standard InChI is InChI=1S/C19H19NO3S/c1-2-22-18(21)9-5-6-14-10-12-15(13-11-14)23-19-20-16-7-3-4-8-17(16)24-19/h3-4,7-8,10-13H,2,5-6,9H2,1H3. The molecule has 0 N–H and O–H groups in total. The van der Waals surface area contributed by atoms with Crippen LogP contribution in [0.2, 0.25) is 0 Å². The highest BCUT2D eigenvalue weighted by atomic mass is 32.1. The number of esters is 1. The van der Waals surface area contributed by atoms with Gasteiger partial charge in [-0.2, -0.15) is 0 Å². The summed E-state index contributed by atoms with van der Waals surface area (Å²) in [5.74, 6) is 0.636. The Bertz CT molecular complexity index is 778. The molecular formula is C19H19NO3S. The van der Waals surface area contributed by atoms with Crippen molar-refractivity contribution in [2.45, 2.75) is 26.2 Å². The van der Waals surface area contributed by atoms with Crippen LogP contribution >= 0.6 is 11.3 Å². The molecule has 0 unspecified atom stereocenters. The summed E-state index contributed by atoms with van der Waals surface area (Å²) in [5, 5.41) is 0.645. The Morgan fingerprint density at radius 1 is 1.12 bits per heavy atom. The predicted octanol–water partition coefficient (Wildman–Crippen LogP) is 4.97. The molecule has 0 saturated heterocycles. The highest BCUT2D eigenvalue weighted by Gasteiger charge is 2.06. The van der Waals surface area contributed by atoms with Crippen molar-refractivity contribution >= 4 is 27.5 Å². The average Bonchev–Trinajstić information content (AvgIpc) is 2.99. The van der Waals surface area contributed by atoms with Crippen LogP contribution < -0.4 is 4.74 Å². The summed E-state index contributed by atoms with van der Waals surface area (Å²) in [6.45, 7) is 2.26. The van der Waals surface area contributed by atoms with Crippen molar-refractivity contribution in [3.05, 3.63) is 54.1 Å². The summed E-state index contributed by atoms with van der Waals surface area (Å²) in [5.41, 5.74) is 2.13. The summed E-state index contributed by atoms with van der Waals surface area (Å²) in [6.07, 6.45) is 2.09. The fraction of sp³-hybridized carbons (Fsp3) is 0.263. The van der Waals surface area contributed by atoms with Crippen molar-refractivity contribution in [3.63, 3.8) is 0 Å². The maximum atomic E-state index is 11.3. The third-order valence-corrected chi connectivity index (χ3v) is 4.47. The average molecular weight is 341 g/mol. The van der Waals surface area contributed by atoms with Gasteiger partial charge in [0.05, 0.1) is 16.8 Å². The second-order valence-electron chi connectivity index (χ2n) is 5.35. The van der Waals surface area contributed by atoms with Crippen LogP contribution in [-0.2, 0) is 16.0 Å². The van der Waals surface area contributed by atoms with Gasteiger partial charge in [-0.3, -0.25) is 4.79 Å². The minimum absolute atomic E-state index is 0.131. The topological polar surface area (TPSA) is 48.4 Å². The molecule has 1 heterocycles. The first-order valence-corrected chi connectivity index (χ1v) is 8.84. The molecule has 0 aliphatic carbocycles.